The Morgan fingerprint density at radius 1 is 1.10 bits per heavy atom. The average Bonchev–Trinajstić information content (AvgIpc) is 3.21. The molecule has 1 fully saturated rings. The number of nitrogens with one attached hydrogen (secondary N) is 1. The molecule has 0 aromatic heterocycles. The number of phenolic OH excluding ortho intramolecular Hbond substituents is 2. The van der Waals surface area contributed by atoms with Crippen molar-refractivity contribution in [3.8, 4) is 11.5 Å². The zero-order valence-corrected chi connectivity index (χ0v) is 23.9. The molecule has 1 aromatic rings. The number of Topliss-reactive ketones (excluding diaryl/α,β-unsaturated/α-hetero) is 2. The lowest BCUT2D eigenvalue weighted by Crippen LogP contribution is -2.15. The molecule has 0 spiro atoms. The van der Waals surface area contributed by atoms with Gasteiger partial charge < -0.3 is 15.5 Å². The molecule has 1 saturated carbocycles. The van der Waals surface area contributed by atoms with Crippen LogP contribution < -0.4 is 5.32 Å². The number of hydrogen-bond donors (Lipinski definition) is 3. The quantitative estimate of drug-likeness (QED) is 0.122. The molecule has 212 valence electrons. The largest absolute Gasteiger partial charge is 0.507 e. The monoisotopic (exact) mass is 566 g/mol. The molecule has 0 saturated heterocycles. The Kier molecular flexibility index (Phi) is 12.5. The minimum absolute atomic E-state index is 0.0341. The van der Waals surface area contributed by atoms with Crippen LogP contribution in [0.15, 0.2) is 64.7 Å². The maximum atomic E-state index is 12.7. The number of benzene rings is 1. The van der Waals surface area contributed by atoms with Gasteiger partial charge in [-0.15, -0.1) is 0 Å². The van der Waals surface area contributed by atoms with E-state index in [1.54, 1.807) is 13.0 Å². The minimum atomic E-state index is -0.728. The van der Waals surface area contributed by atoms with Crippen LogP contribution in [0.2, 0.25) is 5.02 Å². The third-order valence-electron chi connectivity index (χ3n) is 6.03. The molecule has 40 heavy (non-hydrogen) atoms. The maximum Gasteiger partial charge on any atom is 0.270 e. The third kappa shape index (κ3) is 9.61. The number of aliphatic imine (C=N–C) groups is 1. The Labute approximate surface area is 239 Å². The summed E-state index contributed by atoms with van der Waals surface area (Å²) >= 11 is 6.25. The van der Waals surface area contributed by atoms with Crippen LogP contribution in [0.4, 0.5) is 5.69 Å². The van der Waals surface area contributed by atoms with E-state index in [4.69, 9.17) is 11.6 Å². The first-order chi connectivity index (χ1) is 18.9. The summed E-state index contributed by atoms with van der Waals surface area (Å²) in [5.41, 5.74) is 1.17. The Hall–Kier alpha value is -4.04. The number of hydrogen-bond acceptors (Lipinski definition) is 6. The second-order valence-electron chi connectivity index (χ2n) is 9.58. The van der Waals surface area contributed by atoms with E-state index in [9.17, 15) is 29.4 Å². The van der Waals surface area contributed by atoms with E-state index in [1.807, 2.05) is 6.92 Å². The second kappa shape index (κ2) is 15.5. The predicted octanol–water partition coefficient (Wildman–Crippen LogP) is 6.43. The molecule has 1 aromatic carbocycles. The number of allylic oxidation sites excluding steroid dienone is 7. The van der Waals surface area contributed by atoms with Gasteiger partial charge in [0, 0.05) is 36.1 Å². The molecule has 1 atom stereocenters. The highest BCUT2D eigenvalue weighted by molar-refractivity contribution is 6.70. The van der Waals surface area contributed by atoms with Crippen LogP contribution in [0, 0.1) is 5.92 Å². The number of carbonyl (C=O) groups is 4. The fraction of sp³-hybridized carbons (Fsp3) is 0.323. The zero-order chi connectivity index (χ0) is 29.8. The molecule has 1 aliphatic carbocycles. The lowest BCUT2D eigenvalue weighted by atomic mass is 10.0. The Morgan fingerprint density at radius 2 is 1.75 bits per heavy atom. The lowest BCUT2D eigenvalue weighted by Gasteiger charge is -2.12. The smallest absolute Gasteiger partial charge is 0.270 e. The van der Waals surface area contributed by atoms with E-state index < -0.39 is 29.1 Å². The Balaban J connectivity index is 2.05. The van der Waals surface area contributed by atoms with Crippen molar-refractivity contribution >= 4 is 52.5 Å². The number of ketones is 2. The standard InChI is InChI=1S/C31H35ClN2O6/c1-5-6-11-19(2)16-20(3)17-21(4)31(40)33-23-18-26(37)22(28(32)30(23)39)12-9-7-8-10-13-27(38)34-29-24(35)14-15-25(29)36/h7-10,12-13,16-19,37,39H,5-6,11,14-15H2,1-4H3,(H,33,40)/b8-7+,12-9+,13-10+,20-16+,21-17+/t19-/m1/s1. The van der Waals surface area contributed by atoms with Crippen LogP contribution in [0.1, 0.15) is 65.4 Å². The lowest BCUT2D eigenvalue weighted by molar-refractivity contribution is -0.116. The topological polar surface area (TPSA) is 133 Å². The summed E-state index contributed by atoms with van der Waals surface area (Å²) in [7, 11) is 0. The predicted molar refractivity (Wildman–Crippen MR) is 159 cm³/mol. The molecule has 2 amide bonds. The number of rotatable bonds is 11. The molecular formula is C31H35ClN2O6. The van der Waals surface area contributed by atoms with E-state index in [2.05, 4.69) is 30.2 Å². The molecule has 0 bridgehead atoms. The Bertz CT molecular complexity index is 1330. The first-order valence-corrected chi connectivity index (χ1v) is 13.4. The van der Waals surface area contributed by atoms with Crippen LogP contribution in [-0.2, 0) is 19.2 Å². The highest BCUT2D eigenvalue weighted by atomic mass is 35.5. The van der Waals surface area contributed by atoms with Crippen molar-refractivity contribution in [2.24, 2.45) is 10.9 Å². The van der Waals surface area contributed by atoms with Gasteiger partial charge in [-0.2, -0.15) is 0 Å². The number of nitrogens with zero attached hydrogens (tertiary/aromatic N) is 1. The number of phenols is 2. The van der Waals surface area contributed by atoms with Crippen molar-refractivity contribution in [3.63, 3.8) is 0 Å². The second-order valence-corrected chi connectivity index (χ2v) is 9.96. The summed E-state index contributed by atoms with van der Waals surface area (Å²) in [6.07, 6.45) is 15.8. The third-order valence-corrected chi connectivity index (χ3v) is 6.41. The summed E-state index contributed by atoms with van der Waals surface area (Å²) < 4.78 is 0. The molecule has 2 rings (SSSR count). The minimum Gasteiger partial charge on any atom is -0.507 e. The van der Waals surface area contributed by atoms with Gasteiger partial charge in [0.05, 0.1) is 10.7 Å². The first-order valence-electron chi connectivity index (χ1n) is 13.1. The van der Waals surface area contributed by atoms with Gasteiger partial charge in [-0.05, 0) is 32.3 Å². The van der Waals surface area contributed by atoms with Crippen LogP contribution >= 0.6 is 11.6 Å². The van der Waals surface area contributed by atoms with Crippen LogP contribution in [0.25, 0.3) is 6.08 Å². The average molecular weight is 567 g/mol. The van der Waals surface area contributed by atoms with E-state index in [0.717, 1.165) is 30.9 Å². The Morgan fingerprint density at radius 3 is 2.40 bits per heavy atom. The summed E-state index contributed by atoms with van der Waals surface area (Å²) in [5, 5.41) is 23.4. The van der Waals surface area contributed by atoms with Gasteiger partial charge in [-0.25, -0.2) is 4.99 Å². The summed E-state index contributed by atoms with van der Waals surface area (Å²) in [6, 6.07) is 1.20. The molecule has 0 radical (unpaired) electrons. The molecule has 0 aliphatic heterocycles. The van der Waals surface area contributed by atoms with E-state index in [-0.39, 0.29) is 40.6 Å². The zero-order valence-electron chi connectivity index (χ0n) is 23.2. The number of unbranched alkanes of at least 4 members (excludes halogenated alkanes) is 1. The molecular weight excluding hydrogens is 532 g/mol. The first kappa shape index (κ1) is 32.2. The van der Waals surface area contributed by atoms with Crippen molar-refractivity contribution in [1.29, 1.82) is 0 Å². The van der Waals surface area contributed by atoms with E-state index in [1.165, 1.54) is 36.4 Å². The molecule has 0 unspecified atom stereocenters. The highest BCUT2D eigenvalue weighted by Gasteiger charge is 2.28. The summed E-state index contributed by atoms with van der Waals surface area (Å²) in [6.45, 7) is 7.87. The SMILES string of the molecule is CCCC[C@@H](C)/C=C(C)/C=C(\C)C(=O)Nc1cc(O)c(/C=C/C=C/C=C/C(=O)N=C2C(=O)CCC2=O)c(Cl)c1O. The van der Waals surface area contributed by atoms with Gasteiger partial charge in [0.1, 0.15) is 5.75 Å². The number of anilines is 1. The van der Waals surface area contributed by atoms with Crippen molar-refractivity contribution in [2.45, 2.75) is 59.8 Å². The fourth-order valence-corrected chi connectivity index (χ4v) is 4.20. The van der Waals surface area contributed by atoms with Crippen LogP contribution in [0.3, 0.4) is 0 Å². The number of carbonyl (C=O) groups excluding carboxylic acids is 4. The van der Waals surface area contributed by atoms with Gasteiger partial charge in [0.2, 0.25) is 0 Å². The maximum absolute atomic E-state index is 12.7. The fourth-order valence-electron chi connectivity index (χ4n) is 3.94. The number of amides is 2. The molecule has 0 heterocycles. The van der Waals surface area contributed by atoms with Gasteiger partial charge in [0.25, 0.3) is 11.8 Å². The molecule has 3 N–H and O–H groups in total. The number of aromatic hydroxyl groups is 2. The van der Waals surface area contributed by atoms with Crippen molar-refractivity contribution < 1.29 is 29.4 Å². The van der Waals surface area contributed by atoms with Crippen molar-refractivity contribution in [2.75, 3.05) is 5.32 Å². The summed E-state index contributed by atoms with van der Waals surface area (Å²) in [5.74, 6) is -2.30. The van der Waals surface area contributed by atoms with Crippen LogP contribution in [-0.4, -0.2) is 39.3 Å². The normalized spacial score (nSPS) is 15.6. The number of halogens is 1. The molecule has 8 nitrogen and oxygen atoms in total. The van der Waals surface area contributed by atoms with E-state index >= 15 is 0 Å². The highest BCUT2D eigenvalue weighted by Crippen LogP contribution is 2.41. The molecule has 1 aliphatic rings. The van der Waals surface area contributed by atoms with Gasteiger partial charge in [-0.3, -0.25) is 19.2 Å². The summed E-state index contributed by atoms with van der Waals surface area (Å²) in [4.78, 5) is 51.1. The van der Waals surface area contributed by atoms with Crippen LogP contribution in [0.5, 0.6) is 11.5 Å². The molecule has 9 heteroatoms. The van der Waals surface area contributed by atoms with Gasteiger partial charge in [0.15, 0.2) is 23.0 Å². The van der Waals surface area contributed by atoms with Gasteiger partial charge >= 0.3 is 0 Å². The van der Waals surface area contributed by atoms with Gasteiger partial charge in [-0.1, -0.05) is 80.3 Å². The van der Waals surface area contributed by atoms with Crippen molar-refractivity contribution in [3.05, 3.63) is 70.3 Å². The van der Waals surface area contributed by atoms with Crippen molar-refractivity contribution in [1.82, 2.24) is 0 Å². The van der Waals surface area contributed by atoms with E-state index in [0.29, 0.717) is 11.5 Å².